The first-order chi connectivity index (χ1) is 14.7. The second-order valence-electron chi connectivity index (χ2n) is 9.53. The maximum absolute atomic E-state index is 12.6. The zero-order valence-electron chi connectivity index (χ0n) is 18.1. The van der Waals surface area contributed by atoms with Crippen molar-refractivity contribution in [2.75, 3.05) is 0 Å². The predicted molar refractivity (Wildman–Crippen MR) is 122 cm³/mol. The number of aryl methyl sites for hydroxylation is 1. The van der Waals surface area contributed by atoms with E-state index in [0.717, 1.165) is 49.1 Å². The van der Waals surface area contributed by atoms with Gasteiger partial charge in [-0.1, -0.05) is 86.7 Å². The summed E-state index contributed by atoms with van der Waals surface area (Å²) in [6, 6.07) is 18.9. The van der Waals surface area contributed by atoms with Gasteiger partial charge >= 0.3 is 0 Å². The standard InChI is InChI=1S/C28H36O2/c29-26(19-12-22-9-5-2-6-10-22)23-14-16-25(17-15-23)28-24(18-20-27(28)30)13-11-21-7-3-1-4-8-21/h1,3-4,7-8,14-17,22,24,26,28-29H,2,5-6,9-13,18-20H2. The fourth-order valence-electron chi connectivity index (χ4n) is 5.64. The molecular formula is C28H36O2. The summed E-state index contributed by atoms with van der Waals surface area (Å²) in [7, 11) is 0. The number of Topliss-reactive ketones (excluding diaryl/α,β-unsaturated/α-hetero) is 1. The fourth-order valence-corrected chi connectivity index (χ4v) is 5.64. The van der Waals surface area contributed by atoms with E-state index in [1.54, 1.807) is 0 Å². The van der Waals surface area contributed by atoms with E-state index in [2.05, 4.69) is 54.6 Å². The first kappa shape index (κ1) is 21.3. The van der Waals surface area contributed by atoms with Crippen molar-refractivity contribution in [3.63, 3.8) is 0 Å². The topological polar surface area (TPSA) is 37.3 Å². The molecule has 0 bridgehead atoms. The molecule has 3 atom stereocenters. The Hall–Kier alpha value is -1.93. The van der Waals surface area contributed by atoms with Crippen LogP contribution in [0.3, 0.4) is 0 Å². The van der Waals surface area contributed by atoms with E-state index < -0.39 is 0 Å². The predicted octanol–water partition coefficient (Wildman–Crippen LogP) is 6.78. The summed E-state index contributed by atoms with van der Waals surface area (Å²) in [4.78, 5) is 12.6. The lowest BCUT2D eigenvalue weighted by Gasteiger charge is -2.23. The smallest absolute Gasteiger partial charge is 0.140 e. The number of aliphatic hydroxyl groups is 1. The molecule has 0 aliphatic heterocycles. The molecule has 2 heteroatoms. The van der Waals surface area contributed by atoms with Gasteiger partial charge in [0.1, 0.15) is 5.78 Å². The highest BCUT2D eigenvalue weighted by Crippen LogP contribution is 2.40. The molecule has 3 unspecified atom stereocenters. The van der Waals surface area contributed by atoms with Crippen molar-refractivity contribution in [2.45, 2.75) is 82.7 Å². The Kier molecular flexibility index (Phi) is 7.38. The highest BCUT2D eigenvalue weighted by molar-refractivity contribution is 5.88. The van der Waals surface area contributed by atoms with Crippen LogP contribution in [0.15, 0.2) is 54.6 Å². The van der Waals surface area contributed by atoms with Crippen LogP contribution in [0.25, 0.3) is 0 Å². The summed E-state index contributed by atoms with van der Waals surface area (Å²) in [6.07, 6.45) is 12.2. The summed E-state index contributed by atoms with van der Waals surface area (Å²) in [5.41, 5.74) is 3.49. The van der Waals surface area contributed by atoms with Crippen LogP contribution in [0.2, 0.25) is 0 Å². The van der Waals surface area contributed by atoms with Crippen molar-refractivity contribution in [1.29, 1.82) is 0 Å². The van der Waals surface area contributed by atoms with E-state index in [4.69, 9.17) is 0 Å². The molecule has 30 heavy (non-hydrogen) atoms. The average Bonchev–Trinajstić information content (AvgIpc) is 3.18. The molecule has 2 saturated carbocycles. The van der Waals surface area contributed by atoms with Crippen LogP contribution in [-0.4, -0.2) is 10.9 Å². The molecule has 2 nitrogen and oxygen atoms in total. The van der Waals surface area contributed by atoms with Crippen LogP contribution in [0.5, 0.6) is 0 Å². The first-order valence-corrected chi connectivity index (χ1v) is 12.1. The number of hydrogen-bond donors (Lipinski definition) is 1. The summed E-state index contributed by atoms with van der Waals surface area (Å²) in [5, 5.41) is 10.7. The van der Waals surface area contributed by atoms with Crippen molar-refractivity contribution < 1.29 is 9.90 Å². The van der Waals surface area contributed by atoms with Crippen LogP contribution >= 0.6 is 0 Å². The Morgan fingerprint density at radius 2 is 1.60 bits per heavy atom. The van der Waals surface area contributed by atoms with Gasteiger partial charge in [0.15, 0.2) is 0 Å². The lowest BCUT2D eigenvalue weighted by molar-refractivity contribution is -0.119. The zero-order valence-corrected chi connectivity index (χ0v) is 18.1. The third-order valence-electron chi connectivity index (χ3n) is 7.48. The Balaban J connectivity index is 1.34. The van der Waals surface area contributed by atoms with E-state index in [1.807, 2.05) is 0 Å². The summed E-state index contributed by atoms with van der Waals surface area (Å²) >= 11 is 0. The molecule has 2 aromatic carbocycles. The number of rotatable bonds is 8. The minimum absolute atomic E-state index is 0.0298. The molecule has 0 spiro atoms. The third-order valence-corrected chi connectivity index (χ3v) is 7.48. The van der Waals surface area contributed by atoms with Crippen molar-refractivity contribution in [1.82, 2.24) is 0 Å². The van der Waals surface area contributed by atoms with Crippen LogP contribution in [0.4, 0.5) is 0 Å². The van der Waals surface area contributed by atoms with Gasteiger partial charge < -0.3 is 5.11 Å². The van der Waals surface area contributed by atoms with Gasteiger partial charge in [0.25, 0.3) is 0 Å². The Labute approximate surface area is 181 Å². The maximum Gasteiger partial charge on any atom is 0.140 e. The first-order valence-electron chi connectivity index (χ1n) is 12.1. The van der Waals surface area contributed by atoms with Crippen molar-refractivity contribution in [3.05, 3.63) is 71.3 Å². The van der Waals surface area contributed by atoms with E-state index in [0.29, 0.717) is 18.1 Å². The summed E-state index contributed by atoms with van der Waals surface area (Å²) < 4.78 is 0. The van der Waals surface area contributed by atoms with Gasteiger partial charge in [0, 0.05) is 12.3 Å². The molecule has 0 aromatic heterocycles. The number of ketones is 1. The van der Waals surface area contributed by atoms with Crippen LogP contribution in [-0.2, 0) is 11.2 Å². The summed E-state index contributed by atoms with van der Waals surface area (Å²) in [6.45, 7) is 0. The highest BCUT2D eigenvalue weighted by Gasteiger charge is 2.35. The number of carbonyl (C=O) groups is 1. The maximum atomic E-state index is 12.6. The Bertz CT molecular complexity index is 789. The van der Waals surface area contributed by atoms with Gasteiger partial charge in [-0.2, -0.15) is 0 Å². The van der Waals surface area contributed by atoms with Crippen LogP contribution in [0.1, 0.15) is 92.9 Å². The molecule has 0 saturated heterocycles. The second-order valence-corrected chi connectivity index (χ2v) is 9.53. The van der Waals surface area contributed by atoms with Crippen molar-refractivity contribution >= 4 is 5.78 Å². The zero-order chi connectivity index (χ0) is 20.8. The van der Waals surface area contributed by atoms with Crippen molar-refractivity contribution in [2.24, 2.45) is 11.8 Å². The van der Waals surface area contributed by atoms with Gasteiger partial charge in [-0.15, -0.1) is 0 Å². The lowest BCUT2D eigenvalue weighted by atomic mass is 9.83. The number of carbonyl (C=O) groups excluding carboxylic acids is 1. The Morgan fingerprint density at radius 1 is 0.867 bits per heavy atom. The normalized spacial score (nSPS) is 23.6. The largest absolute Gasteiger partial charge is 0.388 e. The van der Waals surface area contributed by atoms with E-state index >= 15 is 0 Å². The number of benzene rings is 2. The molecule has 0 amide bonds. The molecule has 4 rings (SSSR count). The van der Waals surface area contributed by atoms with Gasteiger partial charge in [0.2, 0.25) is 0 Å². The highest BCUT2D eigenvalue weighted by atomic mass is 16.3. The SMILES string of the molecule is O=C1CCC(CCc2ccccc2)C1c1ccc(C(O)CCC2CCCCC2)cc1. The average molecular weight is 405 g/mol. The Morgan fingerprint density at radius 3 is 2.33 bits per heavy atom. The third kappa shape index (κ3) is 5.40. The summed E-state index contributed by atoms with van der Waals surface area (Å²) in [5.74, 6) is 1.65. The van der Waals surface area contributed by atoms with Gasteiger partial charge in [-0.3, -0.25) is 4.79 Å². The number of aliphatic hydroxyl groups excluding tert-OH is 1. The van der Waals surface area contributed by atoms with Crippen LogP contribution in [0, 0.1) is 11.8 Å². The number of hydrogen-bond acceptors (Lipinski definition) is 2. The van der Waals surface area contributed by atoms with E-state index in [-0.39, 0.29) is 12.0 Å². The van der Waals surface area contributed by atoms with Gasteiger partial charge in [0.05, 0.1) is 6.10 Å². The van der Waals surface area contributed by atoms with E-state index in [9.17, 15) is 9.90 Å². The quantitative estimate of drug-likeness (QED) is 0.527. The molecular weight excluding hydrogens is 368 g/mol. The molecule has 2 aromatic rings. The second kappa shape index (κ2) is 10.4. The van der Waals surface area contributed by atoms with Gasteiger partial charge in [-0.25, -0.2) is 0 Å². The molecule has 2 aliphatic rings. The molecule has 2 fully saturated rings. The molecule has 160 valence electrons. The minimum atomic E-state index is -0.380. The molecule has 2 aliphatic carbocycles. The molecule has 0 radical (unpaired) electrons. The molecule has 1 N–H and O–H groups in total. The lowest BCUT2D eigenvalue weighted by Crippen LogP contribution is -2.14. The van der Waals surface area contributed by atoms with Crippen LogP contribution < -0.4 is 0 Å². The van der Waals surface area contributed by atoms with Crippen molar-refractivity contribution in [3.8, 4) is 0 Å². The molecule has 0 heterocycles. The van der Waals surface area contributed by atoms with E-state index in [1.165, 1.54) is 37.7 Å². The monoisotopic (exact) mass is 404 g/mol. The fraction of sp³-hybridized carbons (Fsp3) is 0.536. The minimum Gasteiger partial charge on any atom is -0.388 e. The van der Waals surface area contributed by atoms with Gasteiger partial charge in [-0.05, 0) is 60.6 Å².